The summed E-state index contributed by atoms with van der Waals surface area (Å²) in [5.41, 5.74) is 7.89. The Morgan fingerprint density at radius 1 is 0.449 bits per heavy atom. The first-order chi connectivity index (χ1) is 33.0. The Balaban J connectivity index is 0.00000321. The van der Waals surface area contributed by atoms with Crippen molar-refractivity contribution in [2.45, 2.75) is 0 Å². The largest absolute Gasteiger partial charge is 3.00 e. The smallest absolute Gasteiger partial charge is 0.515 e. The van der Waals surface area contributed by atoms with Crippen LogP contribution in [-0.4, -0.2) is 36.9 Å². The maximum absolute atomic E-state index is 13.8. The second kappa shape index (κ2) is 22.1. The van der Waals surface area contributed by atoms with E-state index in [1.54, 1.807) is 97.7 Å². The molecule has 0 bridgehead atoms. The van der Waals surface area contributed by atoms with Crippen molar-refractivity contribution in [2.75, 3.05) is 0 Å². The summed E-state index contributed by atoms with van der Waals surface area (Å²) in [5.74, 6) is 0.127. The summed E-state index contributed by atoms with van der Waals surface area (Å²) in [6, 6.07) is 64.6. The maximum atomic E-state index is 13.8. The molecule has 0 amide bonds. The molecule has 0 saturated carbocycles. The summed E-state index contributed by atoms with van der Waals surface area (Å²) in [4.78, 5) is 49.6. The van der Waals surface area contributed by atoms with Crippen LogP contribution in [0.2, 0.25) is 0 Å². The summed E-state index contributed by atoms with van der Waals surface area (Å²) in [7, 11) is 0. The Morgan fingerprint density at radius 3 is 1.52 bits per heavy atom. The monoisotopic (exact) mass is 1250 g/mol. The van der Waals surface area contributed by atoms with Crippen LogP contribution >= 0.6 is 0 Å². The first-order valence-electron chi connectivity index (χ1n) is 20.9. The number of carbonyl (C=O) groups is 2. The van der Waals surface area contributed by atoms with Gasteiger partial charge in [0.05, 0.1) is 0 Å². The van der Waals surface area contributed by atoms with Crippen molar-refractivity contribution in [3.63, 3.8) is 0 Å². The number of hydrogen-bond donors (Lipinski definition) is 0. The number of carbonyl (C=O) groups excluding carboxylic acids is 2. The molecule has 4 aromatic heterocycles. The third kappa shape index (κ3) is 11.2. The predicted molar refractivity (Wildman–Crippen MR) is 252 cm³/mol. The first-order valence-corrected chi connectivity index (χ1v) is 20.9. The second-order valence-electron chi connectivity index (χ2n) is 14.8. The van der Waals surface area contributed by atoms with Gasteiger partial charge in [-0.3, -0.25) is 15.7 Å². The zero-order valence-electron chi connectivity index (χ0n) is 35.9. The molecule has 10 aromatic rings. The van der Waals surface area contributed by atoms with Crippen LogP contribution < -0.4 is 14.2 Å². The third-order valence-electron chi connectivity index (χ3n) is 10.4. The van der Waals surface area contributed by atoms with Crippen LogP contribution in [-0.2, 0) is 41.2 Å². The molecule has 10 rings (SSSR count). The van der Waals surface area contributed by atoms with Crippen molar-refractivity contribution in [2.24, 2.45) is 0 Å². The van der Waals surface area contributed by atoms with Gasteiger partial charge in [-0.1, -0.05) is 72.3 Å². The minimum absolute atomic E-state index is 0. The van der Waals surface area contributed by atoms with Gasteiger partial charge in [-0.25, -0.2) is 17.7 Å². The zero-order chi connectivity index (χ0) is 45.4. The fourth-order valence-corrected chi connectivity index (χ4v) is 7.16. The number of aromatic nitrogens is 5. The van der Waals surface area contributed by atoms with Gasteiger partial charge in [-0.15, -0.1) is 89.0 Å². The Hall–Kier alpha value is -8.07. The normalized spacial score (nSPS) is 10.5. The van der Waals surface area contributed by atoms with Gasteiger partial charge in [-0.05, 0) is 87.3 Å². The number of ether oxygens (including phenoxy) is 3. The summed E-state index contributed by atoms with van der Waals surface area (Å²) in [6.07, 6.45) is 8.40. The number of pyridine rings is 3. The molecular formula is C57H32IrN5O5Pt. The van der Waals surface area contributed by atoms with Crippen molar-refractivity contribution in [1.82, 2.24) is 24.9 Å². The molecule has 6 aromatic carbocycles. The van der Waals surface area contributed by atoms with Gasteiger partial charge in [-0.2, -0.15) is 0 Å². The van der Waals surface area contributed by atoms with Gasteiger partial charge in [0.25, 0.3) is 0 Å². The van der Waals surface area contributed by atoms with E-state index in [2.05, 4.69) is 55.3 Å². The summed E-state index contributed by atoms with van der Waals surface area (Å²) >= 11 is 0. The van der Waals surface area contributed by atoms with Crippen LogP contribution in [0.1, 0.15) is 20.7 Å². The van der Waals surface area contributed by atoms with E-state index in [4.69, 9.17) is 14.2 Å². The van der Waals surface area contributed by atoms with Crippen LogP contribution in [0.25, 0.3) is 67.4 Å². The molecular weight excluding hydrogens is 1220 g/mol. The average molecular weight is 1250 g/mol. The molecule has 10 nitrogen and oxygen atoms in total. The van der Waals surface area contributed by atoms with Crippen molar-refractivity contribution >= 4 is 11.9 Å². The molecule has 0 radical (unpaired) electrons. The molecule has 0 aliphatic rings. The van der Waals surface area contributed by atoms with E-state index in [9.17, 15) is 9.59 Å². The summed E-state index contributed by atoms with van der Waals surface area (Å²) in [6.45, 7) is 0. The molecule has 0 spiro atoms. The van der Waals surface area contributed by atoms with E-state index in [1.807, 2.05) is 91.0 Å². The zero-order valence-corrected chi connectivity index (χ0v) is 40.6. The number of nitrogens with zero attached hydrogens (tertiary/aromatic N) is 5. The molecule has 334 valence electrons. The topological polar surface area (TPSA) is 126 Å². The van der Waals surface area contributed by atoms with Gasteiger partial charge in [0.15, 0.2) is 0 Å². The van der Waals surface area contributed by atoms with Gasteiger partial charge in [0.1, 0.15) is 11.5 Å². The molecule has 69 heavy (non-hydrogen) atoms. The number of rotatable bonds is 12. The van der Waals surface area contributed by atoms with E-state index in [1.165, 1.54) is 6.07 Å². The van der Waals surface area contributed by atoms with Crippen LogP contribution in [0.3, 0.4) is 0 Å². The molecule has 0 atom stereocenters. The molecule has 0 fully saturated rings. The second-order valence-corrected chi connectivity index (χ2v) is 14.8. The summed E-state index contributed by atoms with van der Waals surface area (Å²) < 4.78 is 18.7. The third-order valence-corrected chi connectivity index (χ3v) is 10.4. The van der Waals surface area contributed by atoms with Gasteiger partial charge < -0.3 is 39.1 Å². The molecule has 0 aliphatic carbocycles. The van der Waals surface area contributed by atoms with Gasteiger partial charge >= 0.3 is 53.1 Å². The minimum Gasteiger partial charge on any atom is -0.515 e. The van der Waals surface area contributed by atoms with E-state index in [0.717, 1.165) is 22.4 Å². The number of benzene rings is 6. The maximum Gasteiger partial charge on any atom is 3.00 e. The van der Waals surface area contributed by atoms with Crippen molar-refractivity contribution in [3.8, 4) is 90.4 Å². The average Bonchev–Trinajstić information content (AvgIpc) is 3.40. The summed E-state index contributed by atoms with van der Waals surface area (Å²) in [5, 5.41) is 0. The molecule has 0 saturated heterocycles. The Kier molecular flexibility index (Phi) is 15.2. The fourth-order valence-electron chi connectivity index (χ4n) is 7.16. The van der Waals surface area contributed by atoms with E-state index in [-0.39, 0.29) is 63.8 Å². The molecule has 4 heterocycles. The van der Waals surface area contributed by atoms with Gasteiger partial charge in [0.2, 0.25) is 0 Å². The number of esters is 2. The van der Waals surface area contributed by atoms with Crippen LogP contribution in [0.4, 0.5) is 0 Å². The van der Waals surface area contributed by atoms with E-state index < -0.39 is 11.9 Å². The van der Waals surface area contributed by atoms with Crippen LogP contribution in [0.5, 0.6) is 23.0 Å². The van der Waals surface area contributed by atoms with Crippen molar-refractivity contribution < 1.29 is 65.0 Å². The van der Waals surface area contributed by atoms with E-state index >= 15 is 0 Å². The Labute approximate surface area is 425 Å². The standard InChI is InChI=1S/C57H32N5O5.Ir.Pt/c63-56(40-22-18-38(19-23-40)51-15-3-6-28-58-51)66-46-34-44(35-47(37-46)67-57(64)41-24-20-39(21-25-41)52-16-4-7-29-59-52)48-13-1-2-14-49(48)50-27-26-43(55-61-31-10-32-62-55)36-54(50)65-45-12-9-11-42(33-45)53-17-5-8-30-60-53;;/h1-18,20,22-25,27-32,34-35,37H;;/q-5;+3;+2. The van der Waals surface area contributed by atoms with Crippen LogP contribution in [0, 0.1) is 30.3 Å². The minimum atomic E-state index is -0.644. The van der Waals surface area contributed by atoms with Crippen LogP contribution in [0.15, 0.2) is 195 Å². The SMILES string of the molecule is O=C(Oc1cc(OC(=O)c2c[c-]c(-c3ccccn3)cc2)cc(-c2ccccc2-c2c[c-]c(-c3ncccn3)[c-]c2Oc2[c-]c(-c3ccccn3)ccc2)c1)c1c[c-]c(-c2ccccn2)cc1.[Ir+3].[Pt+2]. The molecule has 0 unspecified atom stereocenters. The van der Waals surface area contributed by atoms with Gasteiger partial charge in [0, 0.05) is 42.8 Å². The fraction of sp³-hybridized carbons (Fsp3) is 0. The van der Waals surface area contributed by atoms with Crippen molar-refractivity contribution in [3.05, 3.63) is 236 Å². The quantitative estimate of drug-likeness (QED) is 0.0663. The van der Waals surface area contributed by atoms with Crippen molar-refractivity contribution in [1.29, 1.82) is 0 Å². The predicted octanol–water partition coefficient (Wildman–Crippen LogP) is 11.9. The molecule has 0 aliphatic heterocycles. The Bertz CT molecular complexity index is 3240. The Morgan fingerprint density at radius 2 is 0.986 bits per heavy atom. The first kappa shape index (κ1) is 47.4. The number of hydrogen-bond acceptors (Lipinski definition) is 10. The molecule has 0 N–H and O–H groups in total. The molecule has 12 heteroatoms. The van der Waals surface area contributed by atoms with E-state index in [0.29, 0.717) is 56.5 Å².